The van der Waals surface area contributed by atoms with Crippen molar-refractivity contribution in [1.82, 2.24) is 19.3 Å². The van der Waals surface area contributed by atoms with Crippen molar-refractivity contribution in [2.24, 2.45) is 0 Å². The Balaban J connectivity index is 1.44. The first-order valence-corrected chi connectivity index (χ1v) is 14.6. The molecule has 9 heteroatoms. The third-order valence-electron chi connectivity index (χ3n) is 7.11. The molecule has 0 amide bonds. The van der Waals surface area contributed by atoms with Gasteiger partial charge in [-0.25, -0.2) is 13.9 Å². The van der Waals surface area contributed by atoms with E-state index in [2.05, 4.69) is 40.3 Å². The van der Waals surface area contributed by atoms with Crippen LogP contribution >= 0.6 is 11.8 Å². The summed E-state index contributed by atoms with van der Waals surface area (Å²) in [6.45, 7) is 4.84. The quantitative estimate of drug-likeness (QED) is 0.153. The Morgan fingerprint density at radius 1 is 1.05 bits per heavy atom. The number of fused-ring (bicyclic) bond motifs is 2. The van der Waals surface area contributed by atoms with Gasteiger partial charge in [0.2, 0.25) is 11.1 Å². The number of nitrogens with one attached hydrogen (secondary N) is 1. The highest BCUT2D eigenvalue weighted by molar-refractivity contribution is 7.98. The number of rotatable bonds is 9. The lowest BCUT2D eigenvalue weighted by Gasteiger charge is -2.27. The van der Waals surface area contributed by atoms with Gasteiger partial charge in [-0.2, -0.15) is 4.98 Å². The minimum absolute atomic E-state index is 0.260. The molecule has 7 nitrogen and oxygen atoms in total. The number of aromatic nitrogens is 4. The number of para-hydroxylation sites is 1. The molecule has 41 heavy (non-hydrogen) atoms. The summed E-state index contributed by atoms with van der Waals surface area (Å²) < 4.78 is 23.9. The molecule has 1 aliphatic heterocycles. The van der Waals surface area contributed by atoms with Gasteiger partial charge in [-0.05, 0) is 36.6 Å². The number of benzene rings is 3. The van der Waals surface area contributed by atoms with Gasteiger partial charge in [0.1, 0.15) is 11.9 Å². The normalized spacial score (nSPS) is 14.7. The summed E-state index contributed by atoms with van der Waals surface area (Å²) in [6.07, 6.45) is 2.82. The summed E-state index contributed by atoms with van der Waals surface area (Å²) in [5.41, 5.74) is 4.90. The van der Waals surface area contributed by atoms with Crippen molar-refractivity contribution in [3.8, 4) is 0 Å². The lowest BCUT2D eigenvalue weighted by atomic mass is 9.95. The number of carbonyl (C=O) groups excluding carboxylic acids is 1. The minimum atomic E-state index is -0.562. The van der Waals surface area contributed by atoms with Crippen molar-refractivity contribution >= 4 is 34.6 Å². The van der Waals surface area contributed by atoms with Gasteiger partial charge in [0.05, 0.1) is 12.2 Å². The summed E-state index contributed by atoms with van der Waals surface area (Å²) in [5.74, 6) is 0.262. The largest absolute Gasteiger partial charge is 0.462 e. The first-order chi connectivity index (χ1) is 20.0. The zero-order chi connectivity index (χ0) is 28.3. The molecule has 0 aliphatic carbocycles. The number of halogens is 1. The third kappa shape index (κ3) is 5.37. The van der Waals surface area contributed by atoms with E-state index >= 15 is 0 Å². The number of ether oxygens (including phenoxy) is 1. The molecule has 0 saturated heterocycles. The van der Waals surface area contributed by atoms with Gasteiger partial charge in [-0.1, -0.05) is 85.4 Å². The van der Waals surface area contributed by atoms with Crippen LogP contribution in [0.2, 0.25) is 0 Å². The van der Waals surface area contributed by atoms with Crippen LogP contribution in [0.3, 0.4) is 0 Å². The van der Waals surface area contributed by atoms with E-state index in [1.165, 1.54) is 23.4 Å². The van der Waals surface area contributed by atoms with Crippen molar-refractivity contribution in [2.75, 3.05) is 11.9 Å². The molecule has 3 aromatic carbocycles. The Kier molecular flexibility index (Phi) is 7.61. The summed E-state index contributed by atoms with van der Waals surface area (Å²) in [4.78, 5) is 18.2. The fourth-order valence-corrected chi connectivity index (χ4v) is 5.99. The Hall–Kier alpha value is -4.37. The molecule has 3 heterocycles. The van der Waals surface area contributed by atoms with E-state index in [4.69, 9.17) is 14.8 Å². The fourth-order valence-electron chi connectivity index (χ4n) is 5.18. The first kappa shape index (κ1) is 26.8. The molecule has 1 unspecified atom stereocenters. The number of thioether (sulfide) groups is 1. The highest BCUT2D eigenvalue weighted by Gasteiger charge is 2.37. The summed E-state index contributed by atoms with van der Waals surface area (Å²) >= 11 is 1.35. The van der Waals surface area contributed by atoms with E-state index in [1.807, 2.05) is 50.2 Å². The zero-order valence-electron chi connectivity index (χ0n) is 22.9. The van der Waals surface area contributed by atoms with Crippen LogP contribution < -0.4 is 5.32 Å². The number of anilines is 1. The smallest absolute Gasteiger partial charge is 0.338 e. The molecule has 0 saturated carbocycles. The monoisotopic (exact) mass is 567 g/mol. The number of hydrogen-bond donors (Lipinski definition) is 1. The second-order valence-corrected chi connectivity index (χ2v) is 10.9. The molecule has 2 aromatic heterocycles. The van der Waals surface area contributed by atoms with E-state index in [1.54, 1.807) is 16.8 Å². The SMILES string of the molecule is CCCOC(=O)C1=C(C)Nc2nc(SCc3ccccc3F)nn2C1c1cn(Cc2ccccc2)c2ccccc12. The molecule has 0 radical (unpaired) electrons. The van der Waals surface area contributed by atoms with Crippen molar-refractivity contribution in [1.29, 1.82) is 0 Å². The van der Waals surface area contributed by atoms with Crippen LogP contribution in [-0.4, -0.2) is 31.9 Å². The predicted molar refractivity (Wildman–Crippen MR) is 159 cm³/mol. The van der Waals surface area contributed by atoms with Crippen LogP contribution in [0.15, 0.2) is 101 Å². The van der Waals surface area contributed by atoms with E-state index in [9.17, 15) is 9.18 Å². The number of nitrogens with zero attached hydrogens (tertiary/aromatic N) is 4. The number of hydrogen-bond acceptors (Lipinski definition) is 6. The molecule has 1 N–H and O–H groups in total. The standard InChI is InChI=1S/C32H30FN5O2S/c1-3-17-40-30(39)28-21(2)34-31-35-32(41-20-23-13-7-9-15-26(23)33)36-38(31)29(28)25-19-37(18-22-11-5-4-6-12-22)27-16-10-8-14-24(25)27/h4-16,19,29H,3,17-18,20H2,1-2H3,(H,34,35,36). The Morgan fingerprint density at radius 3 is 2.61 bits per heavy atom. The lowest BCUT2D eigenvalue weighted by Crippen LogP contribution is -2.29. The third-order valence-corrected chi connectivity index (χ3v) is 8.00. The van der Waals surface area contributed by atoms with Crippen molar-refractivity contribution in [3.63, 3.8) is 0 Å². The molecular weight excluding hydrogens is 537 g/mol. The van der Waals surface area contributed by atoms with Crippen LogP contribution in [0, 0.1) is 5.82 Å². The molecule has 208 valence electrons. The van der Waals surface area contributed by atoms with E-state index in [0.29, 0.717) is 46.8 Å². The fraction of sp³-hybridized carbons (Fsp3) is 0.219. The van der Waals surface area contributed by atoms with Crippen molar-refractivity contribution < 1.29 is 13.9 Å². The average Bonchev–Trinajstić information content (AvgIpc) is 3.56. The van der Waals surface area contributed by atoms with Gasteiger partial charge < -0.3 is 14.6 Å². The highest BCUT2D eigenvalue weighted by Crippen LogP contribution is 2.40. The Bertz CT molecular complexity index is 1740. The van der Waals surface area contributed by atoms with Crippen LogP contribution in [0.5, 0.6) is 0 Å². The maximum absolute atomic E-state index is 14.3. The molecule has 5 aromatic rings. The molecule has 6 rings (SSSR count). The van der Waals surface area contributed by atoms with Crippen LogP contribution in [-0.2, 0) is 21.8 Å². The van der Waals surface area contributed by atoms with E-state index < -0.39 is 6.04 Å². The summed E-state index contributed by atoms with van der Waals surface area (Å²) in [7, 11) is 0. The van der Waals surface area contributed by atoms with E-state index in [0.717, 1.165) is 22.9 Å². The summed E-state index contributed by atoms with van der Waals surface area (Å²) in [5, 5.41) is 9.61. The zero-order valence-corrected chi connectivity index (χ0v) is 23.7. The Labute approximate surface area is 242 Å². The minimum Gasteiger partial charge on any atom is -0.462 e. The van der Waals surface area contributed by atoms with Gasteiger partial charge in [0, 0.05) is 40.7 Å². The second kappa shape index (κ2) is 11.6. The highest BCUT2D eigenvalue weighted by atomic mass is 32.2. The molecule has 0 bridgehead atoms. The first-order valence-electron chi connectivity index (χ1n) is 13.6. The molecule has 0 fully saturated rings. The maximum Gasteiger partial charge on any atom is 0.338 e. The molecular formula is C32H30FN5O2S. The van der Waals surface area contributed by atoms with Gasteiger partial charge in [0.25, 0.3) is 0 Å². The predicted octanol–water partition coefficient (Wildman–Crippen LogP) is 6.95. The number of allylic oxidation sites excluding steroid dienone is 1. The Morgan fingerprint density at radius 2 is 1.80 bits per heavy atom. The lowest BCUT2D eigenvalue weighted by molar-refractivity contribution is -0.139. The topological polar surface area (TPSA) is 74.0 Å². The maximum atomic E-state index is 14.3. The van der Waals surface area contributed by atoms with Gasteiger partial charge in [-0.3, -0.25) is 0 Å². The molecule has 1 aliphatic rings. The average molecular weight is 568 g/mol. The van der Waals surface area contributed by atoms with Crippen LogP contribution in [0.1, 0.15) is 43.0 Å². The number of carbonyl (C=O) groups is 1. The van der Waals surface area contributed by atoms with Crippen LogP contribution in [0.4, 0.5) is 10.3 Å². The van der Waals surface area contributed by atoms with Crippen molar-refractivity contribution in [2.45, 2.75) is 43.8 Å². The van der Waals surface area contributed by atoms with Crippen LogP contribution in [0.25, 0.3) is 10.9 Å². The number of esters is 1. The molecule has 0 spiro atoms. The molecule has 1 atom stereocenters. The summed E-state index contributed by atoms with van der Waals surface area (Å²) in [6, 6.07) is 24.6. The second-order valence-electron chi connectivity index (χ2n) is 9.96. The van der Waals surface area contributed by atoms with Crippen molar-refractivity contribution in [3.05, 3.63) is 119 Å². The van der Waals surface area contributed by atoms with E-state index in [-0.39, 0.29) is 11.8 Å². The van der Waals surface area contributed by atoms with Gasteiger partial charge in [0.15, 0.2) is 0 Å². The van der Waals surface area contributed by atoms with Gasteiger partial charge >= 0.3 is 5.97 Å². The van der Waals surface area contributed by atoms with Gasteiger partial charge in [-0.15, -0.1) is 5.10 Å².